The van der Waals surface area contributed by atoms with Crippen LogP contribution < -0.4 is 5.73 Å². The second-order valence-corrected chi connectivity index (χ2v) is 5.14. The summed E-state index contributed by atoms with van der Waals surface area (Å²) in [6, 6.07) is 5.82. The normalized spacial score (nSPS) is 11.6. The first-order valence-electron chi connectivity index (χ1n) is 5.96. The molecule has 2 aromatic rings. The zero-order valence-corrected chi connectivity index (χ0v) is 11.0. The van der Waals surface area contributed by atoms with Gasteiger partial charge in [-0.3, -0.25) is 0 Å². The number of benzene rings is 1. The average molecular weight is 252 g/mol. The van der Waals surface area contributed by atoms with Gasteiger partial charge < -0.3 is 10.3 Å². The van der Waals surface area contributed by atoms with Gasteiger partial charge >= 0.3 is 0 Å². The fraction of sp³-hybridized carbons (Fsp3) is 0.462. The molecule has 0 spiro atoms. The van der Waals surface area contributed by atoms with Crippen LogP contribution in [0.5, 0.6) is 0 Å². The van der Waals surface area contributed by atoms with Crippen molar-refractivity contribution in [2.75, 3.05) is 6.54 Å². The van der Waals surface area contributed by atoms with Crippen molar-refractivity contribution in [3.05, 3.63) is 29.0 Å². The van der Waals surface area contributed by atoms with Crippen molar-refractivity contribution < 1.29 is 0 Å². The molecule has 0 saturated heterocycles. The number of hydrogen-bond donors (Lipinski definition) is 1. The third kappa shape index (κ3) is 2.61. The highest BCUT2D eigenvalue weighted by atomic mass is 35.5. The van der Waals surface area contributed by atoms with E-state index in [2.05, 4.69) is 23.4 Å². The molecule has 0 saturated carbocycles. The van der Waals surface area contributed by atoms with Gasteiger partial charge in [0.05, 0.1) is 11.0 Å². The van der Waals surface area contributed by atoms with Gasteiger partial charge in [0, 0.05) is 18.0 Å². The predicted octanol–water partition coefficient (Wildman–Crippen LogP) is 2.85. The van der Waals surface area contributed by atoms with Crippen LogP contribution in [0.1, 0.15) is 19.7 Å². The van der Waals surface area contributed by atoms with Crippen molar-refractivity contribution in [2.24, 2.45) is 11.7 Å². The SMILES string of the molecule is CC(C)Cn1c(CCN)nc2ccc(Cl)cc21. The van der Waals surface area contributed by atoms with E-state index in [0.717, 1.165) is 34.8 Å². The van der Waals surface area contributed by atoms with Gasteiger partial charge in [0.2, 0.25) is 0 Å². The van der Waals surface area contributed by atoms with E-state index in [-0.39, 0.29) is 0 Å². The molecule has 3 nitrogen and oxygen atoms in total. The molecule has 4 heteroatoms. The molecule has 2 N–H and O–H groups in total. The first kappa shape index (κ1) is 12.4. The average Bonchev–Trinajstić information content (AvgIpc) is 2.57. The lowest BCUT2D eigenvalue weighted by molar-refractivity contribution is 0.517. The molecule has 0 fully saturated rings. The number of aromatic nitrogens is 2. The first-order chi connectivity index (χ1) is 8.11. The second kappa shape index (κ2) is 5.07. The molecule has 0 radical (unpaired) electrons. The lowest BCUT2D eigenvalue weighted by Gasteiger charge is -2.11. The van der Waals surface area contributed by atoms with Gasteiger partial charge in [-0.25, -0.2) is 4.98 Å². The van der Waals surface area contributed by atoms with Crippen LogP contribution in [0.4, 0.5) is 0 Å². The van der Waals surface area contributed by atoms with Crippen LogP contribution in [-0.4, -0.2) is 16.1 Å². The van der Waals surface area contributed by atoms with Gasteiger partial charge in [-0.1, -0.05) is 25.4 Å². The molecule has 2 rings (SSSR count). The lowest BCUT2D eigenvalue weighted by Crippen LogP contribution is -2.12. The minimum Gasteiger partial charge on any atom is -0.330 e. The standard InChI is InChI=1S/C13H18ClN3/c1-9(2)8-17-12-7-10(14)3-4-11(12)16-13(17)5-6-15/h3-4,7,9H,5-6,8,15H2,1-2H3. The van der Waals surface area contributed by atoms with Crippen molar-refractivity contribution in [3.63, 3.8) is 0 Å². The van der Waals surface area contributed by atoms with Crippen LogP contribution in [0.3, 0.4) is 0 Å². The maximum absolute atomic E-state index is 6.05. The van der Waals surface area contributed by atoms with E-state index in [9.17, 15) is 0 Å². The van der Waals surface area contributed by atoms with E-state index in [4.69, 9.17) is 17.3 Å². The Hall–Kier alpha value is -1.06. The summed E-state index contributed by atoms with van der Waals surface area (Å²) in [4.78, 5) is 4.62. The number of nitrogens with zero attached hydrogens (tertiary/aromatic N) is 2. The number of imidazole rings is 1. The molecular formula is C13H18ClN3. The minimum atomic E-state index is 0.572. The Bertz CT molecular complexity index is 517. The largest absolute Gasteiger partial charge is 0.330 e. The molecule has 0 atom stereocenters. The molecule has 92 valence electrons. The van der Waals surface area contributed by atoms with Crippen molar-refractivity contribution in [1.29, 1.82) is 0 Å². The number of fused-ring (bicyclic) bond motifs is 1. The van der Waals surface area contributed by atoms with Crippen LogP contribution in [0.15, 0.2) is 18.2 Å². The van der Waals surface area contributed by atoms with Crippen LogP contribution in [0.2, 0.25) is 5.02 Å². The fourth-order valence-electron chi connectivity index (χ4n) is 2.03. The number of hydrogen-bond acceptors (Lipinski definition) is 2. The summed E-state index contributed by atoms with van der Waals surface area (Å²) in [6.07, 6.45) is 0.805. The molecule has 0 bridgehead atoms. The van der Waals surface area contributed by atoms with Gasteiger partial charge in [0.15, 0.2) is 0 Å². The minimum absolute atomic E-state index is 0.572. The summed E-state index contributed by atoms with van der Waals surface area (Å²) in [5.74, 6) is 1.63. The topological polar surface area (TPSA) is 43.8 Å². The summed E-state index contributed by atoms with van der Waals surface area (Å²) in [6.45, 7) is 5.96. The Morgan fingerprint density at radius 2 is 2.18 bits per heavy atom. The van der Waals surface area contributed by atoms with E-state index >= 15 is 0 Å². The monoisotopic (exact) mass is 251 g/mol. The summed E-state index contributed by atoms with van der Waals surface area (Å²) >= 11 is 6.05. The summed E-state index contributed by atoms with van der Waals surface area (Å²) < 4.78 is 2.23. The zero-order chi connectivity index (χ0) is 12.4. The lowest BCUT2D eigenvalue weighted by atomic mass is 10.2. The molecule has 0 aliphatic carbocycles. The molecule has 17 heavy (non-hydrogen) atoms. The van der Waals surface area contributed by atoms with Crippen molar-refractivity contribution in [1.82, 2.24) is 9.55 Å². The summed E-state index contributed by atoms with van der Waals surface area (Å²) in [7, 11) is 0. The third-order valence-corrected chi connectivity index (χ3v) is 2.94. The molecule has 1 heterocycles. The Kier molecular flexibility index (Phi) is 3.69. The summed E-state index contributed by atoms with van der Waals surface area (Å²) in [5, 5.41) is 0.752. The predicted molar refractivity (Wildman–Crippen MR) is 72.3 cm³/mol. The van der Waals surface area contributed by atoms with Crippen molar-refractivity contribution in [2.45, 2.75) is 26.8 Å². The first-order valence-corrected chi connectivity index (χ1v) is 6.34. The van der Waals surface area contributed by atoms with Gasteiger partial charge in [-0.15, -0.1) is 0 Å². The quantitative estimate of drug-likeness (QED) is 0.908. The van der Waals surface area contributed by atoms with Crippen molar-refractivity contribution in [3.8, 4) is 0 Å². The van der Waals surface area contributed by atoms with Gasteiger partial charge in [-0.05, 0) is 30.7 Å². The highest BCUT2D eigenvalue weighted by Gasteiger charge is 2.11. The van der Waals surface area contributed by atoms with E-state index < -0.39 is 0 Å². The maximum atomic E-state index is 6.05. The van der Waals surface area contributed by atoms with E-state index in [0.29, 0.717) is 12.5 Å². The van der Waals surface area contributed by atoms with Gasteiger partial charge in [0.1, 0.15) is 5.82 Å². The maximum Gasteiger partial charge on any atom is 0.111 e. The van der Waals surface area contributed by atoms with E-state index in [1.165, 1.54) is 0 Å². The molecule has 0 aliphatic rings. The van der Waals surface area contributed by atoms with E-state index in [1.807, 2.05) is 18.2 Å². The Labute approximate surface area is 107 Å². The highest BCUT2D eigenvalue weighted by Crippen LogP contribution is 2.22. The van der Waals surface area contributed by atoms with Gasteiger partial charge in [0.25, 0.3) is 0 Å². The number of nitrogens with two attached hydrogens (primary N) is 1. The van der Waals surface area contributed by atoms with Gasteiger partial charge in [-0.2, -0.15) is 0 Å². The zero-order valence-electron chi connectivity index (χ0n) is 10.3. The fourth-order valence-corrected chi connectivity index (χ4v) is 2.20. The number of rotatable bonds is 4. The Morgan fingerprint density at radius 1 is 1.41 bits per heavy atom. The Morgan fingerprint density at radius 3 is 2.82 bits per heavy atom. The summed E-state index contributed by atoms with van der Waals surface area (Å²) in [5.41, 5.74) is 7.74. The Balaban J connectivity index is 2.55. The smallest absolute Gasteiger partial charge is 0.111 e. The van der Waals surface area contributed by atoms with E-state index in [1.54, 1.807) is 0 Å². The molecule has 1 aromatic carbocycles. The second-order valence-electron chi connectivity index (χ2n) is 4.70. The van der Waals surface area contributed by atoms with Crippen LogP contribution in [-0.2, 0) is 13.0 Å². The van der Waals surface area contributed by atoms with Crippen LogP contribution in [0.25, 0.3) is 11.0 Å². The molecular weight excluding hydrogens is 234 g/mol. The van der Waals surface area contributed by atoms with Crippen LogP contribution in [0, 0.1) is 5.92 Å². The third-order valence-electron chi connectivity index (χ3n) is 2.71. The number of halogens is 1. The molecule has 0 amide bonds. The molecule has 1 aromatic heterocycles. The molecule has 0 unspecified atom stereocenters. The highest BCUT2D eigenvalue weighted by molar-refractivity contribution is 6.31. The molecule has 0 aliphatic heterocycles. The van der Waals surface area contributed by atoms with Crippen LogP contribution >= 0.6 is 11.6 Å². The van der Waals surface area contributed by atoms with Crippen molar-refractivity contribution >= 4 is 22.6 Å².